The van der Waals surface area contributed by atoms with E-state index in [9.17, 15) is 14.6 Å². The lowest BCUT2D eigenvalue weighted by Gasteiger charge is -2.10. The second-order valence-electron chi connectivity index (χ2n) is 2.79. The normalized spacial score (nSPS) is 12.5. The Bertz CT molecular complexity index is 330. The summed E-state index contributed by atoms with van der Waals surface area (Å²) in [6.45, 7) is -0.187. The fraction of sp³-hybridized carbons (Fsp3) is 0.333. The van der Waals surface area contributed by atoms with Gasteiger partial charge in [0.05, 0.1) is 7.11 Å². The van der Waals surface area contributed by atoms with Crippen LogP contribution in [-0.2, 0) is 0 Å². The first-order valence-corrected chi connectivity index (χ1v) is 4.04. The molecule has 0 aromatic heterocycles. The highest BCUT2D eigenvalue weighted by Gasteiger charge is 2.14. The zero-order chi connectivity index (χ0) is 10.7. The van der Waals surface area contributed by atoms with E-state index in [1.807, 2.05) is 0 Å². The summed E-state index contributed by atoms with van der Waals surface area (Å²) in [5.41, 5.74) is 5.30. The number of hydrogen-bond acceptors (Lipinski definition) is 4. The molecule has 0 aliphatic rings. The van der Waals surface area contributed by atoms with Gasteiger partial charge in [-0.05, 0) is 17.7 Å². The van der Waals surface area contributed by atoms with Gasteiger partial charge in [-0.15, -0.1) is 0 Å². The number of nitrogens with two attached hydrogens (primary N) is 1. The average Bonchev–Trinajstić information content (AvgIpc) is 2.20. The molecule has 0 aliphatic heterocycles. The molecule has 0 fully saturated rings. The van der Waals surface area contributed by atoms with Crippen LogP contribution in [0, 0.1) is 0 Å². The van der Waals surface area contributed by atoms with Crippen LogP contribution in [0.25, 0.3) is 0 Å². The Hall–Kier alpha value is -1.49. The van der Waals surface area contributed by atoms with Crippen LogP contribution in [0.1, 0.15) is 11.7 Å². The van der Waals surface area contributed by atoms with E-state index in [-0.39, 0.29) is 17.9 Å². The van der Waals surface area contributed by atoms with Crippen molar-refractivity contribution in [1.82, 2.24) is 0 Å². The van der Waals surface area contributed by atoms with Crippen LogP contribution in [0.4, 0.5) is 4.39 Å². The van der Waals surface area contributed by atoms with E-state index in [1.54, 1.807) is 0 Å². The Kier molecular flexibility index (Phi) is 3.14. The molecular formula is C9H12FNO3. The number of halogens is 1. The first-order valence-electron chi connectivity index (χ1n) is 4.04. The maximum absolute atomic E-state index is 13.1. The van der Waals surface area contributed by atoms with Crippen LogP contribution in [0.5, 0.6) is 17.2 Å². The molecule has 0 radical (unpaired) electrons. The number of hydrogen-bond donors (Lipinski definition) is 3. The maximum Gasteiger partial charge on any atom is 0.200 e. The minimum Gasteiger partial charge on any atom is -0.504 e. The molecule has 1 atom stereocenters. The van der Waals surface area contributed by atoms with Crippen LogP contribution >= 0.6 is 0 Å². The summed E-state index contributed by atoms with van der Waals surface area (Å²) in [7, 11) is 1.31. The SMILES string of the molecule is COc1cc(C(F)CN)cc(O)c1O. The van der Waals surface area contributed by atoms with Gasteiger partial charge in [0.25, 0.3) is 0 Å². The van der Waals surface area contributed by atoms with Gasteiger partial charge in [-0.3, -0.25) is 0 Å². The minimum absolute atomic E-state index is 0.0242. The summed E-state index contributed by atoms with van der Waals surface area (Å²) in [6, 6.07) is 2.42. The van der Waals surface area contributed by atoms with Gasteiger partial charge >= 0.3 is 0 Å². The van der Waals surface area contributed by atoms with Crippen molar-refractivity contribution in [2.75, 3.05) is 13.7 Å². The third-order valence-electron chi connectivity index (χ3n) is 1.87. The van der Waals surface area contributed by atoms with Gasteiger partial charge in [0.2, 0.25) is 5.75 Å². The molecule has 5 heteroatoms. The molecule has 0 amide bonds. The minimum atomic E-state index is -1.38. The average molecular weight is 201 g/mol. The number of aromatic hydroxyl groups is 2. The monoisotopic (exact) mass is 201 g/mol. The van der Waals surface area contributed by atoms with Crippen LogP contribution < -0.4 is 10.5 Å². The Morgan fingerprint density at radius 2 is 2.14 bits per heavy atom. The molecule has 0 spiro atoms. The largest absolute Gasteiger partial charge is 0.504 e. The third kappa shape index (κ3) is 1.88. The Labute approximate surface area is 80.7 Å². The Morgan fingerprint density at radius 1 is 1.50 bits per heavy atom. The molecule has 1 unspecified atom stereocenters. The fourth-order valence-corrected chi connectivity index (χ4v) is 1.09. The maximum atomic E-state index is 13.1. The summed E-state index contributed by atoms with van der Waals surface area (Å²) >= 11 is 0. The summed E-state index contributed by atoms with van der Waals surface area (Å²) in [4.78, 5) is 0. The molecule has 4 N–H and O–H groups in total. The quantitative estimate of drug-likeness (QED) is 0.639. The number of rotatable bonds is 3. The van der Waals surface area contributed by atoms with Crippen molar-refractivity contribution in [1.29, 1.82) is 0 Å². The molecule has 78 valence electrons. The lowest BCUT2D eigenvalue weighted by Crippen LogP contribution is -2.07. The first kappa shape index (κ1) is 10.6. The highest BCUT2D eigenvalue weighted by atomic mass is 19.1. The van der Waals surface area contributed by atoms with Crippen LogP contribution in [0.2, 0.25) is 0 Å². The lowest BCUT2D eigenvalue weighted by molar-refractivity contribution is 0.333. The van der Waals surface area contributed by atoms with E-state index in [0.29, 0.717) is 0 Å². The topological polar surface area (TPSA) is 75.7 Å². The summed E-state index contributed by atoms with van der Waals surface area (Å²) < 4.78 is 17.9. The van der Waals surface area contributed by atoms with E-state index < -0.39 is 17.7 Å². The number of benzene rings is 1. The van der Waals surface area contributed by atoms with Gasteiger partial charge in [-0.1, -0.05) is 0 Å². The van der Waals surface area contributed by atoms with Crippen molar-refractivity contribution in [2.45, 2.75) is 6.17 Å². The van der Waals surface area contributed by atoms with E-state index in [2.05, 4.69) is 0 Å². The van der Waals surface area contributed by atoms with Crippen LogP contribution in [0.3, 0.4) is 0 Å². The molecule has 1 aromatic carbocycles. The Balaban J connectivity index is 3.16. The highest BCUT2D eigenvalue weighted by Crippen LogP contribution is 2.38. The zero-order valence-electron chi connectivity index (χ0n) is 7.70. The van der Waals surface area contributed by atoms with Gasteiger partial charge in [-0.2, -0.15) is 0 Å². The van der Waals surface area contributed by atoms with E-state index in [4.69, 9.17) is 10.5 Å². The van der Waals surface area contributed by atoms with Gasteiger partial charge in [0.1, 0.15) is 6.17 Å². The molecule has 1 aromatic rings. The molecule has 4 nitrogen and oxygen atoms in total. The number of ether oxygens (including phenoxy) is 1. The first-order chi connectivity index (χ1) is 6.60. The number of alkyl halides is 1. The fourth-order valence-electron chi connectivity index (χ4n) is 1.09. The van der Waals surface area contributed by atoms with Crippen molar-refractivity contribution in [3.05, 3.63) is 17.7 Å². The van der Waals surface area contributed by atoms with Crippen LogP contribution in [0.15, 0.2) is 12.1 Å². The van der Waals surface area contributed by atoms with Crippen molar-refractivity contribution in [3.8, 4) is 17.2 Å². The van der Waals surface area contributed by atoms with E-state index >= 15 is 0 Å². The predicted octanol–water partition coefficient (Wildman–Crippen LogP) is 1.08. The third-order valence-corrected chi connectivity index (χ3v) is 1.87. The van der Waals surface area contributed by atoms with Gasteiger partial charge in [0.15, 0.2) is 11.5 Å². The molecule has 0 bridgehead atoms. The van der Waals surface area contributed by atoms with Gasteiger partial charge in [-0.25, -0.2) is 4.39 Å². The Morgan fingerprint density at radius 3 is 2.64 bits per heavy atom. The standard InChI is InChI=1S/C9H12FNO3/c1-14-8-3-5(6(10)4-11)2-7(12)9(8)13/h2-3,6,12-13H,4,11H2,1H3. The van der Waals surface area contributed by atoms with Gasteiger partial charge in [0, 0.05) is 6.54 Å². The summed E-state index contributed by atoms with van der Waals surface area (Å²) in [5, 5.41) is 18.5. The van der Waals surface area contributed by atoms with Crippen molar-refractivity contribution in [3.63, 3.8) is 0 Å². The number of phenols is 2. The van der Waals surface area contributed by atoms with E-state index in [1.165, 1.54) is 13.2 Å². The molecule has 0 aliphatic carbocycles. The zero-order valence-corrected chi connectivity index (χ0v) is 7.70. The molecule has 1 rings (SSSR count). The summed E-state index contributed by atoms with van der Waals surface area (Å²) in [6.07, 6.45) is -1.38. The highest BCUT2D eigenvalue weighted by molar-refractivity contribution is 5.52. The second-order valence-corrected chi connectivity index (χ2v) is 2.79. The van der Waals surface area contributed by atoms with Crippen LogP contribution in [-0.4, -0.2) is 23.9 Å². The number of phenolic OH excluding ortho intramolecular Hbond substituents is 2. The number of methoxy groups -OCH3 is 1. The molecule has 0 saturated carbocycles. The predicted molar refractivity (Wildman–Crippen MR) is 49.2 cm³/mol. The van der Waals surface area contributed by atoms with Crippen molar-refractivity contribution >= 4 is 0 Å². The molecule has 0 saturated heterocycles. The molecular weight excluding hydrogens is 189 g/mol. The van der Waals surface area contributed by atoms with Gasteiger partial charge < -0.3 is 20.7 Å². The molecule has 0 heterocycles. The summed E-state index contributed by atoms with van der Waals surface area (Å²) in [5.74, 6) is -0.799. The van der Waals surface area contributed by atoms with Crippen molar-refractivity contribution < 1.29 is 19.3 Å². The second kappa shape index (κ2) is 4.15. The van der Waals surface area contributed by atoms with E-state index in [0.717, 1.165) is 6.07 Å². The lowest BCUT2D eigenvalue weighted by atomic mass is 10.1. The van der Waals surface area contributed by atoms with Crippen molar-refractivity contribution in [2.24, 2.45) is 5.73 Å². The smallest absolute Gasteiger partial charge is 0.200 e. The molecule has 14 heavy (non-hydrogen) atoms.